The number of amides is 3. The SMILES string of the molecule is COc1cc(-c2cn(C)c(=O)c3cnc(N4CCC4)cc23)cc(OC)c1CN1CCC2(CC1)CN(c1ccc3c(c1)C(=O)N(C1CCC(=O)NC1=O)C3)C2. The number of carbonyl (C=O) groups is 3. The lowest BCUT2D eigenvalue weighted by Crippen LogP contribution is -2.60. The van der Waals surface area contributed by atoms with E-state index in [4.69, 9.17) is 9.47 Å². The molecule has 3 amide bonds. The number of aromatic nitrogens is 2. The first kappa shape index (κ1) is 34.3. The van der Waals surface area contributed by atoms with E-state index in [0.29, 0.717) is 30.5 Å². The molecule has 4 saturated heterocycles. The van der Waals surface area contributed by atoms with Crippen LogP contribution in [-0.4, -0.2) is 96.6 Å². The van der Waals surface area contributed by atoms with Gasteiger partial charge >= 0.3 is 0 Å². The smallest absolute Gasteiger partial charge is 0.259 e. The Hall–Kier alpha value is -5.43. The standard InChI is InChI=1S/C41H45N7O6/c1-44-21-31(29-18-36(46-11-4-12-46)42-19-30(29)39(44)51)26-15-34(53-2)32(35(16-26)54-3)22-45-13-9-41(10-14-45)23-47(24-41)27-6-5-25-20-48(40(52)28(25)17-27)33-7-8-37(49)43-38(33)50/h5-6,15-19,21,33H,4,7-14,20,22-24H2,1-3H3,(H,43,49,50). The van der Waals surface area contributed by atoms with Gasteiger partial charge in [0, 0.05) is 92.7 Å². The number of hydrogen-bond donors (Lipinski definition) is 1. The Kier molecular flexibility index (Phi) is 8.36. The highest BCUT2D eigenvalue weighted by Gasteiger charge is 2.46. The van der Waals surface area contributed by atoms with Crippen molar-refractivity contribution in [3.8, 4) is 22.6 Å². The maximum absolute atomic E-state index is 13.4. The molecular weight excluding hydrogens is 686 g/mol. The number of fused-ring (bicyclic) bond motifs is 2. The summed E-state index contributed by atoms with van der Waals surface area (Å²) in [6.07, 6.45) is 7.47. The fraction of sp³-hybridized carbons (Fsp3) is 0.439. The number of pyridine rings is 2. The van der Waals surface area contributed by atoms with E-state index in [1.165, 1.54) is 0 Å². The maximum atomic E-state index is 13.4. The molecule has 54 heavy (non-hydrogen) atoms. The number of rotatable bonds is 8. The van der Waals surface area contributed by atoms with Crippen molar-refractivity contribution in [1.82, 2.24) is 24.7 Å². The van der Waals surface area contributed by atoms with Crippen LogP contribution in [0.1, 0.15) is 53.6 Å². The molecule has 0 saturated carbocycles. The number of carbonyl (C=O) groups excluding carboxylic acids is 3. The van der Waals surface area contributed by atoms with Crippen molar-refractivity contribution in [2.24, 2.45) is 12.5 Å². The van der Waals surface area contributed by atoms with Crippen LogP contribution in [-0.2, 0) is 29.7 Å². The van der Waals surface area contributed by atoms with E-state index in [2.05, 4.69) is 43.2 Å². The van der Waals surface area contributed by atoms with E-state index in [1.54, 1.807) is 36.9 Å². The summed E-state index contributed by atoms with van der Waals surface area (Å²) in [5.41, 5.74) is 5.60. The summed E-state index contributed by atoms with van der Waals surface area (Å²) in [5.74, 6) is 1.58. The number of ether oxygens (including phenoxy) is 2. The van der Waals surface area contributed by atoms with Crippen LogP contribution in [0.5, 0.6) is 11.5 Å². The van der Waals surface area contributed by atoms with Gasteiger partial charge in [-0.05, 0) is 80.2 Å². The molecule has 2 aromatic carbocycles. The third-order valence-electron chi connectivity index (χ3n) is 12.4. The fourth-order valence-corrected chi connectivity index (χ4v) is 9.00. The average molecular weight is 732 g/mol. The molecule has 280 valence electrons. The monoisotopic (exact) mass is 731 g/mol. The average Bonchev–Trinajstić information content (AvgIpc) is 3.46. The van der Waals surface area contributed by atoms with Gasteiger partial charge in [-0.2, -0.15) is 0 Å². The molecular formula is C41H45N7O6. The normalized spacial score (nSPS) is 20.9. The lowest BCUT2D eigenvalue weighted by Gasteiger charge is -2.55. The van der Waals surface area contributed by atoms with E-state index in [-0.39, 0.29) is 35.1 Å². The second-order valence-electron chi connectivity index (χ2n) is 15.6. The minimum atomic E-state index is -0.608. The van der Waals surface area contributed by atoms with Gasteiger partial charge in [0.1, 0.15) is 23.4 Å². The number of hydrogen-bond acceptors (Lipinski definition) is 10. The molecule has 0 radical (unpaired) electrons. The van der Waals surface area contributed by atoms with Gasteiger partial charge in [0.15, 0.2) is 0 Å². The molecule has 13 nitrogen and oxygen atoms in total. The van der Waals surface area contributed by atoms with E-state index < -0.39 is 6.04 Å². The second-order valence-corrected chi connectivity index (χ2v) is 15.6. The van der Waals surface area contributed by atoms with Crippen LogP contribution in [0.3, 0.4) is 0 Å². The van der Waals surface area contributed by atoms with Crippen molar-refractivity contribution in [2.45, 2.75) is 51.2 Å². The van der Waals surface area contributed by atoms with Crippen LogP contribution in [0.4, 0.5) is 11.5 Å². The van der Waals surface area contributed by atoms with E-state index in [9.17, 15) is 19.2 Å². The van der Waals surface area contributed by atoms with Crippen LogP contribution in [0.15, 0.2) is 53.6 Å². The number of methoxy groups -OCH3 is 2. The Morgan fingerprint density at radius 3 is 2.30 bits per heavy atom. The summed E-state index contributed by atoms with van der Waals surface area (Å²) in [4.78, 5) is 63.9. The maximum Gasteiger partial charge on any atom is 0.259 e. The minimum Gasteiger partial charge on any atom is -0.496 e. The third-order valence-corrected chi connectivity index (χ3v) is 12.4. The highest BCUT2D eigenvalue weighted by molar-refractivity contribution is 6.05. The second kappa shape index (κ2) is 13.2. The highest BCUT2D eigenvalue weighted by Crippen LogP contribution is 2.45. The molecule has 13 heteroatoms. The summed E-state index contributed by atoms with van der Waals surface area (Å²) in [7, 11) is 5.16. The van der Waals surface area contributed by atoms with Gasteiger partial charge in [-0.3, -0.25) is 29.4 Å². The molecule has 5 aliphatic heterocycles. The van der Waals surface area contributed by atoms with E-state index >= 15 is 0 Å². The van der Waals surface area contributed by atoms with E-state index in [0.717, 1.165) is 109 Å². The number of imide groups is 1. The van der Waals surface area contributed by atoms with Gasteiger partial charge in [0.2, 0.25) is 11.8 Å². The molecule has 4 aromatic rings. The third kappa shape index (κ3) is 5.76. The molecule has 2 aromatic heterocycles. The molecule has 4 fully saturated rings. The van der Waals surface area contributed by atoms with Crippen molar-refractivity contribution in [2.75, 3.05) is 63.3 Å². The van der Waals surface area contributed by atoms with Gasteiger partial charge in [-0.25, -0.2) is 4.98 Å². The molecule has 1 unspecified atom stereocenters. The molecule has 7 heterocycles. The summed E-state index contributed by atoms with van der Waals surface area (Å²) in [6.45, 7) is 6.79. The first-order valence-electron chi connectivity index (χ1n) is 18.9. The van der Waals surface area contributed by atoms with Crippen LogP contribution < -0.4 is 30.1 Å². The molecule has 1 spiro atoms. The van der Waals surface area contributed by atoms with Crippen LogP contribution in [0, 0.1) is 5.41 Å². The molecule has 9 rings (SSSR count). The van der Waals surface area contributed by atoms with Crippen LogP contribution in [0.25, 0.3) is 21.9 Å². The predicted molar refractivity (Wildman–Crippen MR) is 204 cm³/mol. The fourth-order valence-electron chi connectivity index (χ4n) is 9.00. The molecule has 0 aliphatic carbocycles. The summed E-state index contributed by atoms with van der Waals surface area (Å²) >= 11 is 0. The number of piperidine rings is 2. The number of anilines is 2. The van der Waals surface area contributed by atoms with Crippen LogP contribution in [0.2, 0.25) is 0 Å². The van der Waals surface area contributed by atoms with Crippen molar-refractivity contribution < 1.29 is 23.9 Å². The minimum absolute atomic E-state index is 0.0786. The molecule has 1 N–H and O–H groups in total. The summed E-state index contributed by atoms with van der Waals surface area (Å²) in [6, 6.07) is 11.6. The van der Waals surface area contributed by atoms with Gasteiger partial charge < -0.3 is 28.7 Å². The Morgan fingerprint density at radius 1 is 0.889 bits per heavy atom. The van der Waals surface area contributed by atoms with Crippen molar-refractivity contribution in [3.05, 3.63) is 75.8 Å². The lowest BCUT2D eigenvalue weighted by atomic mass is 9.71. The molecule has 1 atom stereocenters. The van der Waals surface area contributed by atoms with Gasteiger partial charge in [0.05, 0.1) is 25.2 Å². The predicted octanol–water partition coefficient (Wildman–Crippen LogP) is 3.69. The first-order chi connectivity index (χ1) is 26.1. The van der Waals surface area contributed by atoms with Crippen LogP contribution >= 0.6 is 0 Å². The van der Waals surface area contributed by atoms with Gasteiger partial charge in [-0.1, -0.05) is 6.07 Å². The Balaban J connectivity index is 0.878. The zero-order valence-electron chi connectivity index (χ0n) is 31.0. The molecule has 0 bridgehead atoms. The van der Waals surface area contributed by atoms with Crippen molar-refractivity contribution >= 4 is 40.0 Å². The summed E-state index contributed by atoms with van der Waals surface area (Å²) < 4.78 is 13.6. The number of nitrogens with zero attached hydrogens (tertiary/aromatic N) is 6. The Morgan fingerprint density at radius 2 is 1.63 bits per heavy atom. The Labute approximate surface area is 313 Å². The van der Waals surface area contributed by atoms with Crippen molar-refractivity contribution in [3.63, 3.8) is 0 Å². The van der Waals surface area contributed by atoms with Gasteiger partial charge in [0.25, 0.3) is 11.5 Å². The summed E-state index contributed by atoms with van der Waals surface area (Å²) in [5, 5.41) is 3.82. The largest absolute Gasteiger partial charge is 0.496 e. The quantitative estimate of drug-likeness (QED) is 0.268. The highest BCUT2D eigenvalue weighted by atomic mass is 16.5. The Bertz CT molecular complexity index is 2240. The number of benzene rings is 2. The zero-order chi connectivity index (χ0) is 37.3. The lowest BCUT2D eigenvalue weighted by molar-refractivity contribution is -0.136. The van der Waals surface area contributed by atoms with E-state index in [1.807, 2.05) is 24.4 Å². The number of nitrogens with one attached hydrogen (secondary N) is 1. The topological polar surface area (TPSA) is 130 Å². The van der Waals surface area contributed by atoms with Gasteiger partial charge in [-0.15, -0.1) is 0 Å². The number of aryl methyl sites for hydroxylation is 1. The molecule has 5 aliphatic rings. The number of likely N-dealkylation sites (tertiary alicyclic amines) is 1. The zero-order valence-corrected chi connectivity index (χ0v) is 31.0. The first-order valence-corrected chi connectivity index (χ1v) is 18.9. The van der Waals surface area contributed by atoms with Crippen molar-refractivity contribution in [1.29, 1.82) is 0 Å².